The van der Waals surface area contributed by atoms with Crippen LogP contribution >= 0.6 is 0 Å². The van der Waals surface area contributed by atoms with Crippen molar-refractivity contribution in [1.29, 1.82) is 0 Å². The second-order valence-corrected chi connectivity index (χ2v) is 10.4. The molecular weight excluding hydrogens is 448 g/mol. The highest BCUT2D eigenvalue weighted by Gasteiger charge is 2.53. The van der Waals surface area contributed by atoms with Crippen LogP contribution in [0.3, 0.4) is 0 Å². The molecular formula is C26H36N4O5. The summed E-state index contributed by atoms with van der Waals surface area (Å²) >= 11 is 0. The molecule has 5 rings (SSSR count). The van der Waals surface area contributed by atoms with E-state index in [9.17, 15) is 19.5 Å². The molecule has 1 aromatic rings. The fourth-order valence-electron chi connectivity index (χ4n) is 6.00. The quantitative estimate of drug-likeness (QED) is 0.633. The molecule has 9 heteroatoms. The lowest BCUT2D eigenvalue weighted by atomic mass is 9.83. The molecule has 9 nitrogen and oxygen atoms in total. The summed E-state index contributed by atoms with van der Waals surface area (Å²) in [5, 5.41) is 13.4. The van der Waals surface area contributed by atoms with Crippen LogP contribution in [0, 0.1) is 5.92 Å². The zero-order chi connectivity index (χ0) is 24.5. The summed E-state index contributed by atoms with van der Waals surface area (Å²) in [5.74, 6) is -0.750. The SMILES string of the molecule is CN1CCN(c2ccc(C(=O)N[C@H](C(=O)N3C[C@H](O)[C@H]4OCC(=O)[C@H]43)C3CCCCC3)cc2)CC1. The third-order valence-corrected chi connectivity index (χ3v) is 8.11. The highest BCUT2D eigenvalue weighted by molar-refractivity contribution is 5.99. The third kappa shape index (κ3) is 4.94. The maximum atomic E-state index is 13.7. The molecule has 0 spiro atoms. The predicted molar refractivity (Wildman–Crippen MR) is 130 cm³/mol. The Morgan fingerprint density at radius 3 is 2.43 bits per heavy atom. The van der Waals surface area contributed by atoms with Gasteiger partial charge in [0.15, 0.2) is 5.78 Å². The van der Waals surface area contributed by atoms with E-state index in [-0.39, 0.29) is 36.7 Å². The molecule has 3 aliphatic heterocycles. The molecule has 1 aliphatic carbocycles. The van der Waals surface area contributed by atoms with E-state index in [1.54, 1.807) is 0 Å². The van der Waals surface area contributed by atoms with Crippen molar-refractivity contribution in [2.45, 2.75) is 56.4 Å². The van der Waals surface area contributed by atoms with Crippen LogP contribution < -0.4 is 10.2 Å². The molecule has 190 valence electrons. The molecule has 0 bridgehead atoms. The van der Waals surface area contributed by atoms with Crippen molar-refractivity contribution in [3.05, 3.63) is 29.8 Å². The van der Waals surface area contributed by atoms with Gasteiger partial charge in [-0.2, -0.15) is 0 Å². The lowest BCUT2D eigenvalue weighted by Gasteiger charge is -2.34. The molecule has 2 amide bonds. The lowest BCUT2D eigenvalue weighted by molar-refractivity contribution is -0.139. The number of nitrogens with one attached hydrogen (secondary N) is 1. The number of fused-ring (bicyclic) bond motifs is 1. The van der Waals surface area contributed by atoms with E-state index < -0.39 is 24.3 Å². The molecule has 35 heavy (non-hydrogen) atoms. The number of amides is 2. The number of ether oxygens (including phenoxy) is 1. The number of benzene rings is 1. The Morgan fingerprint density at radius 1 is 1.06 bits per heavy atom. The van der Waals surface area contributed by atoms with Gasteiger partial charge < -0.3 is 29.9 Å². The van der Waals surface area contributed by atoms with Gasteiger partial charge in [-0.25, -0.2) is 0 Å². The number of likely N-dealkylation sites (tertiary alicyclic amines) is 1. The van der Waals surface area contributed by atoms with E-state index in [0.29, 0.717) is 5.56 Å². The first-order valence-corrected chi connectivity index (χ1v) is 12.9. The summed E-state index contributed by atoms with van der Waals surface area (Å²) in [6, 6.07) is 6.08. The number of hydrogen-bond donors (Lipinski definition) is 2. The molecule has 3 heterocycles. The summed E-state index contributed by atoms with van der Waals surface area (Å²) in [4.78, 5) is 45.4. The first-order chi connectivity index (χ1) is 16.9. The number of rotatable bonds is 5. The number of β-amino-alcohol motifs (C(OH)–C–C–N with tert-alkyl or cyclic N) is 1. The van der Waals surface area contributed by atoms with Gasteiger partial charge in [-0.3, -0.25) is 14.4 Å². The number of carbonyl (C=O) groups is 3. The number of aliphatic hydroxyl groups excluding tert-OH is 1. The van der Waals surface area contributed by atoms with Gasteiger partial charge in [0.1, 0.15) is 30.9 Å². The minimum absolute atomic E-state index is 0.0124. The van der Waals surface area contributed by atoms with Crippen molar-refractivity contribution in [2.75, 3.05) is 51.3 Å². The number of anilines is 1. The van der Waals surface area contributed by atoms with E-state index in [0.717, 1.165) is 64.0 Å². The topological polar surface area (TPSA) is 102 Å². The number of Topliss-reactive ketones (excluding diaryl/α,β-unsaturated/α-hetero) is 1. The average Bonchev–Trinajstić information content (AvgIpc) is 3.43. The molecule has 1 saturated carbocycles. The van der Waals surface area contributed by atoms with Crippen molar-refractivity contribution in [3.8, 4) is 0 Å². The predicted octanol–water partition coefficient (Wildman–Crippen LogP) is 0.657. The zero-order valence-electron chi connectivity index (χ0n) is 20.4. The Morgan fingerprint density at radius 2 is 1.74 bits per heavy atom. The number of aliphatic hydroxyl groups is 1. The van der Waals surface area contributed by atoms with Gasteiger partial charge in [0.25, 0.3) is 5.91 Å². The second-order valence-electron chi connectivity index (χ2n) is 10.4. The van der Waals surface area contributed by atoms with Gasteiger partial charge in [-0.1, -0.05) is 19.3 Å². The summed E-state index contributed by atoms with van der Waals surface area (Å²) in [6.07, 6.45) is 3.30. The Kier molecular flexibility index (Phi) is 7.09. The summed E-state index contributed by atoms with van der Waals surface area (Å²) in [7, 11) is 2.12. The van der Waals surface area contributed by atoms with Crippen LogP contribution in [0.4, 0.5) is 5.69 Å². The minimum Gasteiger partial charge on any atom is -0.388 e. The molecule has 0 unspecified atom stereocenters. The van der Waals surface area contributed by atoms with Gasteiger partial charge in [0.2, 0.25) is 5.91 Å². The second kappa shape index (κ2) is 10.2. The average molecular weight is 485 g/mol. The number of nitrogens with zero attached hydrogens (tertiary/aromatic N) is 3. The molecule has 4 aliphatic rings. The molecule has 2 N–H and O–H groups in total. The number of ketones is 1. The summed E-state index contributed by atoms with van der Waals surface area (Å²) in [5.41, 5.74) is 1.60. The fraction of sp³-hybridized carbons (Fsp3) is 0.654. The molecule has 0 aromatic heterocycles. The standard InChI is InChI=1S/C26H36N4O5/c1-28-11-13-29(14-12-28)19-9-7-18(8-10-19)25(33)27-22(17-5-3-2-4-6-17)26(34)30-15-20(31)24-23(30)21(32)16-35-24/h7-10,17,20,22-24,31H,2-6,11-16H2,1H3,(H,27,33)/t20-,22-,23+,24+/m0/s1. The zero-order valence-corrected chi connectivity index (χ0v) is 20.4. The maximum Gasteiger partial charge on any atom is 0.251 e. The Balaban J connectivity index is 1.31. The Labute approximate surface area is 206 Å². The first-order valence-electron chi connectivity index (χ1n) is 12.9. The largest absolute Gasteiger partial charge is 0.388 e. The minimum atomic E-state index is -0.889. The van der Waals surface area contributed by atoms with Crippen LogP contribution in [0.2, 0.25) is 0 Å². The lowest BCUT2D eigenvalue weighted by Crippen LogP contribution is -2.55. The van der Waals surface area contributed by atoms with E-state index in [4.69, 9.17) is 4.74 Å². The van der Waals surface area contributed by atoms with Crippen molar-refractivity contribution in [2.24, 2.45) is 5.92 Å². The van der Waals surface area contributed by atoms with Crippen LogP contribution in [0.5, 0.6) is 0 Å². The fourth-order valence-corrected chi connectivity index (χ4v) is 6.00. The van der Waals surface area contributed by atoms with Gasteiger partial charge in [0.05, 0.1) is 6.54 Å². The van der Waals surface area contributed by atoms with Crippen molar-refractivity contribution < 1.29 is 24.2 Å². The van der Waals surface area contributed by atoms with Gasteiger partial charge in [0, 0.05) is 37.4 Å². The monoisotopic (exact) mass is 484 g/mol. The van der Waals surface area contributed by atoms with E-state index >= 15 is 0 Å². The highest BCUT2D eigenvalue weighted by Crippen LogP contribution is 2.32. The van der Waals surface area contributed by atoms with Crippen LogP contribution in [-0.4, -0.2) is 103 Å². The normalized spacial score (nSPS) is 28.7. The molecule has 4 atom stereocenters. The highest BCUT2D eigenvalue weighted by atomic mass is 16.5. The number of carbonyl (C=O) groups excluding carboxylic acids is 3. The van der Waals surface area contributed by atoms with E-state index in [1.165, 1.54) is 4.90 Å². The van der Waals surface area contributed by atoms with Crippen molar-refractivity contribution in [1.82, 2.24) is 15.1 Å². The maximum absolute atomic E-state index is 13.7. The van der Waals surface area contributed by atoms with Crippen molar-refractivity contribution >= 4 is 23.3 Å². The molecule has 1 aromatic carbocycles. The first kappa shape index (κ1) is 24.2. The van der Waals surface area contributed by atoms with Crippen LogP contribution in [0.1, 0.15) is 42.5 Å². The third-order valence-electron chi connectivity index (χ3n) is 8.11. The van der Waals surface area contributed by atoms with Crippen LogP contribution in [0.25, 0.3) is 0 Å². The molecule has 0 radical (unpaired) electrons. The van der Waals surface area contributed by atoms with Gasteiger partial charge >= 0.3 is 0 Å². The van der Waals surface area contributed by atoms with E-state index in [1.807, 2.05) is 24.3 Å². The number of likely N-dealkylation sites (N-methyl/N-ethyl adjacent to an activating group) is 1. The van der Waals surface area contributed by atoms with E-state index in [2.05, 4.69) is 22.2 Å². The van der Waals surface area contributed by atoms with Crippen LogP contribution in [0.15, 0.2) is 24.3 Å². The molecule has 4 fully saturated rings. The Hall–Kier alpha value is -2.49. The Bertz CT molecular complexity index is 940. The smallest absolute Gasteiger partial charge is 0.251 e. The molecule has 3 saturated heterocycles. The van der Waals surface area contributed by atoms with Gasteiger partial charge in [-0.05, 0) is 50.1 Å². The summed E-state index contributed by atoms with van der Waals surface area (Å²) in [6.45, 7) is 3.89. The summed E-state index contributed by atoms with van der Waals surface area (Å²) < 4.78 is 5.44. The van der Waals surface area contributed by atoms with Crippen molar-refractivity contribution in [3.63, 3.8) is 0 Å². The van der Waals surface area contributed by atoms with Gasteiger partial charge in [-0.15, -0.1) is 0 Å². The number of hydrogen-bond acceptors (Lipinski definition) is 7. The number of piperazine rings is 1. The van der Waals surface area contributed by atoms with Crippen LogP contribution in [-0.2, 0) is 14.3 Å².